The molecule has 1 aliphatic rings. The Bertz CT molecular complexity index is 295. The first-order chi connectivity index (χ1) is 9.19. The van der Waals surface area contributed by atoms with E-state index in [9.17, 15) is 9.90 Å². The van der Waals surface area contributed by atoms with Crippen LogP contribution in [0.15, 0.2) is 25.3 Å². The predicted octanol–water partition coefficient (Wildman–Crippen LogP) is 3.24. The lowest BCUT2D eigenvalue weighted by Gasteiger charge is -2.30. The molecule has 1 rings (SSSR count). The SMILES string of the molecule is C=CCCCC(C=C)CC(C(=O)O)C1CCCNC1. The van der Waals surface area contributed by atoms with E-state index in [1.54, 1.807) is 0 Å². The fourth-order valence-electron chi connectivity index (χ4n) is 2.90. The van der Waals surface area contributed by atoms with Gasteiger partial charge in [0.05, 0.1) is 5.92 Å². The molecule has 0 aromatic carbocycles. The standard InChI is InChI=1S/C16H27NO2/c1-3-5-6-8-13(4-2)11-15(16(18)19)14-9-7-10-17-12-14/h3-4,13-15,17H,1-2,5-12H2,(H,18,19). The summed E-state index contributed by atoms with van der Waals surface area (Å²) >= 11 is 0. The average Bonchev–Trinajstić information content (AvgIpc) is 2.43. The van der Waals surface area contributed by atoms with Crippen molar-refractivity contribution in [1.29, 1.82) is 0 Å². The number of carboxylic acid groups (broad SMARTS) is 1. The van der Waals surface area contributed by atoms with E-state index in [0.717, 1.165) is 51.6 Å². The van der Waals surface area contributed by atoms with E-state index in [0.29, 0.717) is 5.92 Å². The third-order valence-electron chi connectivity index (χ3n) is 4.09. The molecule has 1 aliphatic heterocycles. The number of rotatable bonds is 9. The molecule has 1 saturated heterocycles. The Labute approximate surface area is 116 Å². The number of carboxylic acids is 1. The Kier molecular flexibility index (Phi) is 7.49. The minimum atomic E-state index is -0.649. The van der Waals surface area contributed by atoms with Crippen LogP contribution >= 0.6 is 0 Å². The summed E-state index contributed by atoms with van der Waals surface area (Å²) in [6.45, 7) is 9.44. The molecule has 3 heteroatoms. The lowest BCUT2D eigenvalue weighted by atomic mass is 9.79. The van der Waals surface area contributed by atoms with E-state index >= 15 is 0 Å². The van der Waals surface area contributed by atoms with Gasteiger partial charge < -0.3 is 10.4 Å². The van der Waals surface area contributed by atoms with Gasteiger partial charge in [0, 0.05) is 0 Å². The molecule has 0 amide bonds. The number of allylic oxidation sites excluding steroid dienone is 2. The van der Waals surface area contributed by atoms with Crippen LogP contribution in [-0.4, -0.2) is 24.2 Å². The van der Waals surface area contributed by atoms with Crippen molar-refractivity contribution >= 4 is 5.97 Å². The molecule has 3 unspecified atom stereocenters. The predicted molar refractivity (Wildman–Crippen MR) is 79.1 cm³/mol. The highest BCUT2D eigenvalue weighted by atomic mass is 16.4. The number of carbonyl (C=O) groups is 1. The van der Waals surface area contributed by atoms with Gasteiger partial charge in [0.15, 0.2) is 0 Å². The fourth-order valence-corrected chi connectivity index (χ4v) is 2.90. The molecule has 2 N–H and O–H groups in total. The molecule has 0 aliphatic carbocycles. The smallest absolute Gasteiger partial charge is 0.306 e. The molecule has 0 aromatic rings. The van der Waals surface area contributed by atoms with E-state index in [1.165, 1.54) is 0 Å². The molecule has 108 valence electrons. The van der Waals surface area contributed by atoms with Crippen LogP contribution in [0.3, 0.4) is 0 Å². The van der Waals surface area contributed by atoms with Crippen LogP contribution in [0.2, 0.25) is 0 Å². The van der Waals surface area contributed by atoms with Gasteiger partial charge in [0.1, 0.15) is 0 Å². The van der Waals surface area contributed by atoms with Gasteiger partial charge in [-0.15, -0.1) is 13.2 Å². The second kappa shape index (κ2) is 8.92. The van der Waals surface area contributed by atoms with E-state index in [4.69, 9.17) is 0 Å². The number of hydrogen-bond donors (Lipinski definition) is 2. The van der Waals surface area contributed by atoms with Crippen molar-refractivity contribution in [1.82, 2.24) is 5.32 Å². The van der Waals surface area contributed by atoms with Crippen LogP contribution in [0.4, 0.5) is 0 Å². The Balaban J connectivity index is 2.52. The Morgan fingerprint density at radius 1 is 1.47 bits per heavy atom. The summed E-state index contributed by atoms with van der Waals surface area (Å²) in [7, 11) is 0. The Morgan fingerprint density at radius 2 is 2.26 bits per heavy atom. The van der Waals surface area contributed by atoms with Crippen LogP contribution < -0.4 is 5.32 Å². The van der Waals surface area contributed by atoms with Crippen LogP contribution in [0.5, 0.6) is 0 Å². The van der Waals surface area contributed by atoms with Gasteiger partial charge >= 0.3 is 5.97 Å². The quantitative estimate of drug-likeness (QED) is 0.497. The molecule has 1 fully saturated rings. The molecule has 0 saturated carbocycles. The third-order valence-corrected chi connectivity index (χ3v) is 4.09. The number of aliphatic carboxylic acids is 1. The zero-order chi connectivity index (χ0) is 14.1. The largest absolute Gasteiger partial charge is 0.481 e. The van der Waals surface area contributed by atoms with E-state index in [2.05, 4.69) is 18.5 Å². The van der Waals surface area contributed by atoms with Crippen molar-refractivity contribution in [2.24, 2.45) is 17.8 Å². The van der Waals surface area contributed by atoms with Gasteiger partial charge in [0.25, 0.3) is 0 Å². The summed E-state index contributed by atoms with van der Waals surface area (Å²) in [6.07, 6.45) is 9.75. The van der Waals surface area contributed by atoms with Crippen molar-refractivity contribution in [3.63, 3.8) is 0 Å². The lowest BCUT2D eigenvalue weighted by Crippen LogP contribution is -2.37. The molecule has 19 heavy (non-hydrogen) atoms. The summed E-state index contributed by atoms with van der Waals surface area (Å²) in [6, 6.07) is 0. The molecule has 0 radical (unpaired) electrons. The van der Waals surface area contributed by atoms with Crippen LogP contribution in [0.25, 0.3) is 0 Å². The van der Waals surface area contributed by atoms with Gasteiger partial charge in [-0.1, -0.05) is 12.2 Å². The molecule has 3 nitrogen and oxygen atoms in total. The van der Waals surface area contributed by atoms with Crippen molar-refractivity contribution in [3.05, 3.63) is 25.3 Å². The van der Waals surface area contributed by atoms with Crippen molar-refractivity contribution in [2.45, 2.75) is 38.5 Å². The van der Waals surface area contributed by atoms with E-state index in [-0.39, 0.29) is 11.8 Å². The zero-order valence-electron chi connectivity index (χ0n) is 11.8. The molecule has 3 atom stereocenters. The maximum absolute atomic E-state index is 11.5. The van der Waals surface area contributed by atoms with Crippen molar-refractivity contribution in [3.8, 4) is 0 Å². The zero-order valence-corrected chi connectivity index (χ0v) is 11.8. The maximum Gasteiger partial charge on any atom is 0.306 e. The first kappa shape index (κ1) is 16.0. The molecule has 1 heterocycles. The Morgan fingerprint density at radius 3 is 2.79 bits per heavy atom. The summed E-state index contributed by atoms with van der Waals surface area (Å²) < 4.78 is 0. The van der Waals surface area contributed by atoms with Crippen molar-refractivity contribution in [2.75, 3.05) is 13.1 Å². The van der Waals surface area contributed by atoms with Crippen LogP contribution in [0.1, 0.15) is 38.5 Å². The van der Waals surface area contributed by atoms with Gasteiger partial charge in [0.2, 0.25) is 0 Å². The molecule has 0 aromatic heterocycles. The first-order valence-electron chi connectivity index (χ1n) is 7.36. The minimum absolute atomic E-state index is 0.237. The Hall–Kier alpha value is -1.09. The molecular weight excluding hydrogens is 238 g/mol. The monoisotopic (exact) mass is 265 g/mol. The van der Waals surface area contributed by atoms with Gasteiger partial charge in [-0.3, -0.25) is 4.79 Å². The number of nitrogens with one attached hydrogen (secondary N) is 1. The maximum atomic E-state index is 11.5. The number of unbranched alkanes of at least 4 members (excludes halogenated alkanes) is 1. The average molecular weight is 265 g/mol. The summed E-state index contributed by atoms with van der Waals surface area (Å²) in [5, 5.41) is 12.8. The van der Waals surface area contributed by atoms with Gasteiger partial charge in [-0.25, -0.2) is 0 Å². The minimum Gasteiger partial charge on any atom is -0.481 e. The summed E-state index contributed by atoms with van der Waals surface area (Å²) in [5.41, 5.74) is 0. The molecular formula is C16H27NO2. The number of hydrogen-bond acceptors (Lipinski definition) is 2. The highest BCUT2D eigenvalue weighted by molar-refractivity contribution is 5.70. The first-order valence-corrected chi connectivity index (χ1v) is 7.36. The molecule has 0 bridgehead atoms. The second-order valence-corrected chi connectivity index (χ2v) is 5.50. The lowest BCUT2D eigenvalue weighted by molar-refractivity contribution is -0.144. The third kappa shape index (κ3) is 5.60. The van der Waals surface area contributed by atoms with E-state index in [1.807, 2.05) is 12.2 Å². The summed E-state index contributed by atoms with van der Waals surface area (Å²) in [4.78, 5) is 11.5. The highest BCUT2D eigenvalue weighted by Crippen LogP contribution is 2.29. The van der Waals surface area contributed by atoms with E-state index < -0.39 is 5.97 Å². The number of piperidine rings is 1. The fraction of sp³-hybridized carbons (Fsp3) is 0.688. The normalized spacial score (nSPS) is 22.4. The highest BCUT2D eigenvalue weighted by Gasteiger charge is 2.30. The molecule has 0 spiro atoms. The summed E-state index contributed by atoms with van der Waals surface area (Å²) in [5.74, 6) is -0.306. The van der Waals surface area contributed by atoms with Crippen molar-refractivity contribution < 1.29 is 9.90 Å². The second-order valence-electron chi connectivity index (χ2n) is 5.50. The van der Waals surface area contributed by atoms with Crippen LogP contribution in [-0.2, 0) is 4.79 Å². The topological polar surface area (TPSA) is 49.3 Å². The van der Waals surface area contributed by atoms with Gasteiger partial charge in [-0.2, -0.15) is 0 Å². The van der Waals surface area contributed by atoms with Crippen LogP contribution in [0, 0.1) is 17.8 Å². The van der Waals surface area contributed by atoms with Gasteiger partial charge in [-0.05, 0) is 63.5 Å².